The van der Waals surface area contributed by atoms with E-state index in [9.17, 15) is 0 Å². The van der Waals surface area contributed by atoms with Crippen LogP contribution >= 0.6 is 11.1 Å². The Balaban J connectivity index is 0.000000231. The number of halogens is 1. The van der Waals surface area contributed by atoms with E-state index in [0.29, 0.717) is 0 Å². The van der Waals surface area contributed by atoms with Crippen LogP contribution in [0, 0.1) is 0 Å². The first-order chi connectivity index (χ1) is 4.97. The highest BCUT2D eigenvalue weighted by molar-refractivity contribution is 6.80. The molecule has 2 rings (SSSR count). The molecule has 0 radical (unpaired) electrons. The van der Waals surface area contributed by atoms with E-state index in [-0.39, 0.29) is 0 Å². The van der Waals surface area contributed by atoms with Crippen LogP contribution < -0.4 is 0 Å². The van der Waals surface area contributed by atoms with E-state index in [2.05, 4.69) is 36.4 Å². The molecule has 0 fully saturated rings. The van der Waals surface area contributed by atoms with Crippen molar-refractivity contribution in [2.45, 2.75) is 0 Å². The van der Waals surface area contributed by atoms with Crippen LogP contribution in [0.3, 0.4) is 0 Å². The van der Waals surface area contributed by atoms with Crippen molar-refractivity contribution in [1.29, 1.82) is 0 Å². The highest BCUT2D eigenvalue weighted by Crippen LogP contribution is 2.21. The van der Waals surface area contributed by atoms with Gasteiger partial charge in [0.05, 0.1) is 0 Å². The van der Waals surface area contributed by atoms with Crippen LogP contribution in [0.25, 0.3) is 12.2 Å². The van der Waals surface area contributed by atoms with Gasteiger partial charge in [-0.15, -0.1) is 0 Å². The van der Waals surface area contributed by atoms with Crippen molar-refractivity contribution in [3.8, 4) is 0 Å². The summed E-state index contributed by atoms with van der Waals surface area (Å²) in [5, 5.41) is 0. The van der Waals surface area contributed by atoms with Crippen molar-refractivity contribution in [3.05, 3.63) is 35.4 Å². The molecule has 0 atom stereocenters. The molecule has 0 N–H and O–H groups in total. The lowest BCUT2D eigenvalue weighted by Crippen LogP contribution is -1.85. The van der Waals surface area contributed by atoms with Gasteiger partial charge < -0.3 is 0 Å². The fourth-order valence-electron chi connectivity index (χ4n) is 0.898. The van der Waals surface area contributed by atoms with Crippen LogP contribution in [0.1, 0.15) is 11.1 Å². The quantitative estimate of drug-likeness (QED) is 0.415. The number of rotatable bonds is 0. The molecule has 1 aromatic rings. The molecule has 0 saturated carbocycles. The molecule has 52 valence electrons. The first-order valence-electron chi connectivity index (χ1n) is 3.12. The molecular weight excluding hydrogens is 160 g/mol. The molecule has 0 amide bonds. The fourth-order valence-corrected chi connectivity index (χ4v) is 0.898. The molecule has 1 aliphatic carbocycles. The largest absolute Gasteiger partial charge is 0.181 e. The first kappa shape index (κ1) is 7.57. The Morgan fingerprint density at radius 2 is 1.30 bits per heavy atom. The van der Waals surface area contributed by atoms with Gasteiger partial charge in [0.2, 0.25) is 0 Å². The van der Waals surface area contributed by atoms with Crippen molar-refractivity contribution in [2.24, 2.45) is 0 Å². The van der Waals surface area contributed by atoms with Gasteiger partial charge in [0.1, 0.15) is 9.55 Å². The topological polar surface area (TPSA) is 0 Å². The summed E-state index contributed by atoms with van der Waals surface area (Å²) in [5.41, 5.74) is 2.74. The molecule has 0 aromatic heterocycles. The third kappa shape index (κ3) is 1.31. The molecule has 1 aromatic carbocycles. The number of benzene rings is 1. The Hall–Kier alpha value is -0.533. The zero-order valence-corrected chi connectivity index (χ0v) is 8.60. The van der Waals surface area contributed by atoms with Crippen LogP contribution in [0.2, 0.25) is 0 Å². The normalized spacial score (nSPS) is 10.9. The van der Waals surface area contributed by atoms with E-state index < -0.39 is 0 Å². The van der Waals surface area contributed by atoms with Gasteiger partial charge in [-0.2, -0.15) is 11.1 Å². The monoisotopic (exact) mass is 168 g/mol. The maximum absolute atomic E-state index is 4.78. The zero-order chi connectivity index (χ0) is 7.40. The second-order valence-corrected chi connectivity index (χ2v) is 1.96. The number of hydrogen-bond donors (Lipinski definition) is 0. The van der Waals surface area contributed by atoms with E-state index in [0.717, 1.165) is 9.55 Å². The maximum Gasteiger partial charge on any atom is 0.109 e. The molecule has 0 nitrogen and oxygen atoms in total. The molecule has 10 heavy (non-hydrogen) atoms. The standard InChI is InChI=1S/C8H6.ClH3Si/c1-2-4-8-6-5-7(8)3-1;1-2/h1-6H;2H3. The van der Waals surface area contributed by atoms with Gasteiger partial charge in [-0.05, 0) is 11.1 Å². The Bertz CT molecular complexity index is 218. The van der Waals surface area contributed by atoms with Crippen molar-refractivity contribution in [2.75, 3.05) is 0 Å². The van der Waals surface area contributed by atoms with E-state index in [1.165, 1.54) is 11.1 Å². The predicted molar refractivity (Wildman–Crippen MR) is 51.2 cm³/mol. The van der Waals surface area contributed by atoms with Gasteiger partial charge in [0.25, 0.3) is 0 Å². The third-order valence-electron chi connectivity index (χ3n) is 1.44. The van der Waals surface area contributed by atoms with Crippen LogP contribution in [0.5, 0.6) is 0 Å². The molecular formula is C8H9ClSi. The Kier molecular flexibility index (Phi) is 2.72. The summed E-state index contributed by atoms with van der Waals surface area (Å²) in [6, 6.07) is 8.36. The molecule has 0 saturated heterocycles. The molecule has 0 unspecified atom stereocenters. The molecule has 1 aliphatic rings. The van der Waals surface area contributed by atoms with Gasteiger partial charge in [-0.1, -0.05) is 36.4 Å². The summed E-state index contributed by atoms with van der Waals surface area (Å²) >= 11 is 4.78. The molecule has 0 heterocycles. The summed E-state index contributed by atoms with van der Waals surface area (Å²) in [6.07, 6.45) is 4.24. The summed E-state index contributed by atoms with van der Waals surface area (Å²) in [7, 11) is 0.778. The predicted octanol–water partition coefficient (Wildman–Crippen LogP) is 1.68. The van der Waals surface area contributed by atoms with Crippen molar-refractivity contribution in [3.63, 3.8) is 0 Å². The van der Waals surface area contributed by atoms with Crippen LogP contribution in [0.4, 0.5) is 0 Å². The van der Waals surface area contributed by atoms with Gasteiger partial charge in [0, 0.05) is 0 Å². The lowest BCUT2D eigenvalue weighted by molar-refractivity contribution is 1.58. The SMILES string of the molecule is C1=Cc2ccccc21.[SiH3]Cl. The van der Waals surface area contributed by atoms with Gasteiger partial charge in [-0.3, -0.25) is 0 Å². The lowest BCUT2D eigenvalue weighted by Gasteiger charge is -2.06. The van der Waals surface area contributed by atoms with Crippen molar-refractivity contribution in [1.82, 2.24) is 0 Å². The smallest absolute Gasteiger partial charge is 0.109 e. The van der Waals surface area contributed by atoms with Crippen LogP contribution in [0.15, 0.2) is 24.3 Å². The molecule has 0 bridgehead atoms. The zero-order valence-electron chi connectivity index (χ0n) is 5.84. The lowest BCUT2D eigenvalue weighted by atomic mass is 9.99. The minimum absolute atomic E-state index is 0.778. The summed E-state index contributed by atoms with van der Waals surface area (Å²) < 4.78 is 0. The number of hydrogen-bond acceptors (Lipinski definition) is 0. The van der Waals surface area contributed by atoms with Gasteiger partial charge in [-0.25, -0.2) is 0 Å². The highest BCUT2D eigenvalue weighted by atomic mass is 35.6. The average molecular weight is 169 g/mol. The maximum atomic E-state index is 4.78. The Labute approximate surface area is 68.7 Å². The minimum atomic E-state index is 0.778. The highest BCUT2D eigenvalue weighted by Gasteiger charge is 1.99. The van der Waals surface area contributed by atoms with Crippen LogP contribution in [-0.2, 0) is 0 Å². The van der Waals surface area contributed by atoms with Crippen molar-refractivity contribution < 1.29 is 0 Å². The fraction of sp³-hybridized carbons (Fsp3) is 0. The molecule has 0 spiro atoms. The number of fused-ring (bicyclic) bond motifs is 1. The molecule has 0 aliphatic heterocycles. The van der Waals surface area contributed by atoms with Gasteiger partial charge in [0.15, 0.2) is 0 Å². The second-order valence-electron chi connectivity index (χ2n) is 1.96. The third-order valence-corrected chi connectivity index (χ3v) is 1.44. The second kappa shape index (κ2) is 3.59. The van der Waals surface area contributed by atoms with Gasteiger partial charge >= 0.3 is 0 Å². The van der Waals surface area contributed by atoms with Crippen molar-refractivity contribution >= 4 is 32.8 Å². The first-order valence-corrected chi connectivity index (χ1v) is 6.14. The Morgan fingerprint density at radius 1 is 0.900 bits per heavy atom. The summed E-state index contributed by atoms with van der Waals surface area (Å²) in [5.74, 6) is 0. The van der Waals surface area contributed by atoms with E-state index in [4.69, 9.17) is 11.1 Å². The van der Waals surface area contributed by atoms with E-state index >= 15 is 0 Å². The average Bonchev–Trinajstić information content (AvgIpc) is 1.96. The minimum Gasteiger partial charge on any atom is -0.181 e. The van der Waals surface area contributed by atoms with E-state index in [1.54, 1.807) is 0 Å². The molecule has 2 heteroatoms. The summed E-state index contributed by atoms with van der Waals surface area (Å²) in [4.78, 5) is 0. The summed E-state index contributed by atoms with van der Waals surface area (Å²) in [6.45, 7) is 0. The van der Waals surface area contributed by atoms with E-state index in [1.807, 2.05) is 0 Å². The van der Waals surface area contributed by atoms with Crippen LogP contribution in [-0.4, -0.2) is 9.55 Å². The Morgan fingerprint density at radius 3 is 1.50 bits per heavy atom.